The lowest BCUT2D eigenvalue weighted by atomic mass is 10.1. The van der Waals surface area contributed by atoms with Gasteiger partial charge in [-0.1, -0.05) is 27.2 Å². The van der Waals surface area contributed by atoms with Crippen molar-refractivity contribution in [3.05, 3.63) is 49.2 Å². The number of rotatable bonds is 9. The second kappa shape index (κ2) is 9.99. The maximum absolute atomic E-state index is 13.5. The number of hydrogen-bond donors (Lipinski definition) is 3. The molecular weight excluding hydrogens is 428 g/mol. The topological polar surface area (TPSA) is 130 Å². The zero-order valence-corrected chi connectivity index (χ0v) is 19.7. The van der Waals surface area contributed by atoms with E-state index >= 15 is 0 Å². The molecule has 3 aromatic rings. The van der Waals surface area contributed by atoms with Gasteiger partial charge in [0.1, 0.15) is 11.5 Å². The van der Waals surface area contributed by atoms with Gasteiger partial charge in [-0.3, -0.25) is 24.0 Å². The molecule has 172 valence electrons. The zero-order chi connectivity index (χ0) is 23.4. The van der Waals surface area contributed by atoms with Crippen molar-refractivity contribution in [3.63, 3.8) is 0 Å². The normalized spacial score (nSPS) is 11.3. The standard InChI is InChI=1S/C22H30N6O3S/c1-5-6-8-28-19(23)18(20(29)26-22(28)31)27(9-7-13(2)3)21(30)16-10-15(11-24-16)17-12-32-14(4)25-17/h10-13,24H,5-9,23H2,1-4H3,(H,26,29,31). The number of aromatic nitrogens is 4. The van der Waals surface area contributed by atoms with Crippen molar-refractivity contribution >= 4 is 28.7 Å². The third-order valence-corrected chi connectivity index (χ3v) is 6.00. The molecule has 32 heavy (non-hydrogen) atoms. The summed E-state index contributed by atoms with van der Waals surface area (Å²) in [6, 6.07) is 1.72. The van der Waals surface area contributed by atoms with E-state index in [1.807, 2.05) is 33.1 Å². The number of unbranched alkanes of at least 4 members (excludes halogenated alkanes) is 1. The van der Waals surface area contributed by atoms with E-state index in [0.717, 1.165) is 29.1 Å². The smallest absolute Gasteiger partial charge is 0.330 e. The lowest BCUT2D eigenvalue weighted by Gasteiger charge is -2.25. The summed E-state index contributed by atoms with van der Waals surface area (Å²) >= 11 is 1.53. The van der Waals surface area contributed by atoms with E-state index < -0.39 is 11.2 Å². The predicted octanol–water partition coefficient (Wildman–Crippen LogP) is 3.37. The quantitative estimate of drug-likeness (QED) is 0.453. The molecule has 0 saturated heterocycles. The monoisotopic (exact) mass is 458 g/mol. The van der Waals surface area contributed by atoms with E-state index in [-0.39, 0.29) is 17.4 Å². The molecule has 0 aromatic carbocycles. The lowest BCUT2D eigenvalue weighted by Crippen LogP contribution is -2.42. The fourth-order valence-electron chi connectivity index (χ4n) is 3.39. The first-order valence-corrected chi connectivity index (χ1v) is 11.7. The molecule has 0 bridgehead atoms. The highest BCUT2D eigenvalue weighted by molar-refractivity contribution is 7.09. The van der Waals surface area contributed by atoms with E-state index in [1.165, 1.54) is 20.8 Å². The van der Waals surface area contributed by atoms with Crippen molar-refractivity contribution < 1.29 is 4.79 Å². The number of H-pyrrole nitrogens is 2. The molecule has 3 aromatic heterocycles. The van der Waals surface area contributed by atoms with Crippen LogP contribution in [0.25, 0.3) is 11.3 Å². The molecular formula is C22H30N6O3S. The average molecular weight is 459 g/mol. The van der Waals surface area contributed by atoms with Crippen LogP contribution in [0.1, 0.15) is 55.5 Å². The third kappa shape index (κ3) is 5.01. The van der Waals surface area contributed by atoms with Gasteiger partial charge in [0.05, 0.1) is 10.7 Å². The first-order valence-electron chi connectivity index (χ1n) is 10.8. The number of carbonyl (C=O) groups excluding carboxylic acids is 1. The summed E-state index contributed by atoms with van der Waals surface area (Å²) < 4.78 is 1.33. The largest absolute Gasteiger partial charge is 0.383 e. The maximum Gasteiger partial charge on any atom is 0.330 e. The van der Waals surface area contributed by atoms with Crippen LogP contribution in [0.3, 0.4) is 0 Å². The number of nitrogen functional groups attached to an aromatic ring is 1. The van der Waals surface area contributed by atoms with Crippen molar-refractivity contribution in [2.45, 2.75) is 53.5 Å². The number of hydrogen-bond acceptors (Lipinski definition) is 6. The molecule has 10 heteroatoms. The molecule has 0 saturated carbocycles. The zero-order valence-electron chi connectivity index (χ0n) is 18.9. The molecule has 0 fully saturated rings. The van der Waals surface area contributed by atoms with Gasteiger partial charge < -0.3 is 10.7 Å². The molecule has 9 nitrogen and oxygen atoms in total. The van der Waals surface area contributed by atoms with Gasteiger partial charge in [-0.2, -0.15) is 0 Å². The minimum atomic E-state index is -0.667. The molecule has 0 aliphatic heterocycles. The number of carbonyl (C=O) groups is 1. The highest BCUT2D eigenvalue weighted by Gasteiger charge is 2.26. The van der Waals surface area contributed by atoms with Crippen molar-refractivity contribution in [2.75, 3.05) is 17.2 Å². The number of aromatic amines is 2. The van der Waals surface area contributed by atoms with Crippen molar-refractivity contribution in [3.8, 4) is 11.3 Å². The van der Waals surface area contributed by atoms with Gasteiger partial charge in [0, 0.05) is 30.2 Å². The first kappa shape index (κ1) is 23.5. The van der Waals surface area contributed by atoms with Crippen LogP contribution >= 0.6 is 11.3 Å². The summed E-state index contributed by atoms with van der Waals surface area (Å²) in [5, 5.41) is 2.86. The van der Waals surface area contributed by atoms with E-state index in [9.17, 15) is 14.4 Å². The van der Waals surface area contributed by atoms with Gasteiger partial charge in [-0.15, -0.1) is 11.3 Å². The molecule has 0 aliphatic rings. The van der Waals surface area contributed by atoms with Crippen molar-refractivity contribution in [2.24, 2.45) is 5.92 Å². The Hall–Kier alpha value is -3.14. The lowest BCUT2D eigenvalue weighted by molar-refractivity contribution is 0.0981. The van der Waals surface area contributed by atoms with E-state index in [1.54, 1.807) is 12.3 Å². The van der Waals surface area contributed by atoms with Crippen LogP contribution in [-0.4, -0.2) is 32.0 Å². The van der Waals surface area contributed by atoms with Crippen LogP contribution in [0.4, 0.5) is 11.5 Å². The fourth-order valence-corrected chi connectivity index (χ4v) is 4.01. The van der Waals surface area contributed by atoms with E-state index in [4.69, 9.17) is 5.73 Å². The minimum Gasteiger partial charge on any atom is -0.383 e. The molecule has 3 heterocycles. The van der Waals surface area contributed by atoms with Gasteiger partial charge in [-0.25, -0.2) is 9.78 Å². The van der Waals surface area contributed by atoms with Crippen LogP contribution in [0, 0.1) is 12.8 Å². The van der Waals surface area contributed by atoms with Crippen LogP contribution in [0.5, 0.6) is 0 Å². The van der Waals surface area contributed by atoms with Gasteiger partial charge in [0.15, 0.2) is 5.69 Å². The maximum atomic E-state index is 13.5. The Labute approximate surface area is 190 Å². The number of anilines is 2. The third-order valence-electron chi connectivity index (χ3n) is 5.22. The summed E-state index contributed by atoms with van der Waals surface area (Å²) in [5.74, 6) is -0.0817. The molecule has 0 spiro atoms. The Bertz CT molecular complexity index is 1200. The highest BCUT2D eigenvalue weighted by atomic mass is 32.1. The van der Waals surface area contributed by atoms with Crippen molar-refractivity contribution in [1.29, 1.82) is 0 Å². The van der Waals surface area contributed by atoms with E-state index in [2.05, 4.69) is 15.0 Å². The Morgan fingerprint density at radius 1 is 1.34 bits per heavy atom. The summed E-state index contributed by atoms with van der Waals surface area (Å²) in [6.45, 7) is 8.65. The molecule has 0 aliphatic carbocycles. The summed E-state index contributed by atoms with van der Waals surface area (Å²) in [6.07, 6.45) is 3.97. The highest BCUT2D eigenvalue weighted by Crippen LogP contribution is 2.25. The van der Waals surface area contributed by atoms with Crippen LogP contribution < -0.4 is 21.9 Å². The molecule has 0 radical (unpaired) electrons. The summed E-state index contributed by atoms with van der Waals surface area (Å²) in [4.78, 5) is 49.8. The van der Waals surface area contributed by atoms with E-state index in [0.29, 0.717) is 31.1 Å². The summed E-state index contributed by atoms with van der Waals surface area (Å²) in [5.41, 5.74) is 6.94. The molecule has 0 atom stereocenters. The van der Waals surface area contributed by atoms with Crippen LogP contribution in [0.2, 0.25) is 0 Å². The number of nitrogens with one attached hydrogen (secondary N) is 2. The Morgan fingerprint density at radius 2 is 2.09 bits per heavy atom. The number of aryl methyl sites for hydroxylation is 1. The molecule has 4 N–H and O–H groups in total. The van der Waals surface area contributed by atoms with Gasteiger partial charge in [0.2, 0.25) is 0 Å². The van der Waals surface area contributed by atoms with Gasteiger partial charge in [-0.05, 0) is 31.7 Å². The molecule has 3 rings (SSSR count). The molecule has 1 amide bonds. The number of amides is 1. The second-order valence-corrected chi connectivity index (χ2v) is 9.25. The number of thiazole rings is 1. The average Bonchev–Trinajstić information content (AvgIpc) is 3.38. The number of nitrogens with zero attached hydrogens (tertiary/aromatic N) is 3. The number of nitrogens with two attached hydrogens (primary N) is 1. The summed E-state index contributed by atoms with van der Waals surface area (Å²) in [7, 11) is 0. The minimum absolute atomic E-state index is 0.00575. The Balaban J connectivity index is 2.04. The van der Waals surface area contributed by atoms with Crippen molar-refractivity contribution in [1.82, 2.24) is 19.5 Å². The second-order valence-electron chi connectivity index (χ2n) is 8.19. The Kier molecular flexibility index (Phi) is 7.34. The fraction of sp³-hybridized carbons (Fsp3) is 0.455. The van der Waals surface area contributed by atoms with Gasteiger partial charge >= 0.3 is 5.69 Å². The SMILES string of the molecule is CCCCn1c(N)c(N(CCC(C)C)C(=O)c2cc(-c3csc(C)n3)c[nH]2)c(=O)[nH]c1=O. The van der Waals surface area contributed by atoms with Crippen LogP contribution in [0.15, 0.2) is 27.2 Å². The first-order chi connectivity index (χ1) is 15.2. The molecule has 0 unspecified atom stereocenters. The Morgan fingerprint density at radius 3 is 2.72 bits per heavy atom. The van der Waals surface area contributed by atoms with Gasteiger partial charge in [0.25, 0.3) is 11.5 Å². The van der Waals surface area contributed by atoms with Crippen LogP contribution in [-0.2, 0) is 6.54 Å². The predicted molar refractivity (Wildman–Crippen MR) is 128 cm³/mol.